The molecule has 0 aromatic carbocycles. The highest BCUT2D eigenvalue weighted by atomic mass is 127. The smallest absolute Gasteiger partial charge is 0.191 e. The van der Waals surface area contributed by atoms with E-state index in [1.807, 2.05) is 11.8 Å². The molecule has 0 radical (unpaired) electrons. The van der Waals surface area contributed by atoms with Gasteiger partial charge in [-0.05, 0) is 29.9 Å². The molecule has 0 fully saturated rings. The molecule has 0 atom stereocenters. The Labute approximate surface area is 129 Å². The lowest BCUT2D eigenvalue weighted by Crippen LogP contribution is -2.37. The third kappa shape index (κ3) is 7.88. The molecule has 17 heavy (non-hydrogen) atoms. The summed E-state index contributed by atoms with van der Waals surface area (Å²) in [5, 5.41) is 8.68. The van der Waals surface area contributed by atoms with Crippen molar-refractivity contribution in [2.75, 3.05) is 25.6 Å². The Hall–Kier alpha value is 0.0500. The fourth-order valence-corrected chi connectivity index (χ4v) is 2.31. The maximum Gasteiger partial charge on any atom is 0.191 e. The Morgan fingerprint density at radius 2 is 2.29 bits per heavy atom. The maximum atomic E-state index is 4.18. The number of thiophene rings is 1. The Morgan fingerprint density at radius 1 is 1.47 bits per heavy atom. The second-order valence-corrected chi connectivity index (χ2v) is 5.30. The third-order valence-electron chi connectivity index (χ3n) is 2.05. The summed E-state index contributed by atoms with van der Waals surface area (Å²) in [5.41, 5.74) is 0. The van der Waals surface area contributed by atoms with Gasteiger partial charge in [-0.1, -0.05) is 6.07 Å². The van der Waals surface area contributed by atoms with Crippen LogP contribution in [0.5, 0.6) is 0 Å². The van der Waals surface area contributed by atoms with Crippen LogP contribution in [0.2, 0.25) is 0 Å². The van der Waals surface area contributed by atoms with Gasteiger partial charge in [0.05, 0.1) is 6.54 Å². The Kier molecular flexibility index (Phi) is 11.2. The highest BCUT2D eigenvalue weighted by Crippen LogP contribution is 2.06. The fraction of sp³-hybridized carbons (Fsp3) is 0.545. The molecule has 3 nitrogen and oxygen atoms in total. The van der Waals surface area contributed by atoms with Crippen molar-refractivity contribution in [1.29, 1.82) is 0 Å². The largest absolute Gasteiger partial charge is 0.356 e. The second kappa shape index (κ2) is 11.2. The number of guanidine groups is 1. The number of nitrogens with zero attached hydrogens (tertiary/aromatic N) is 1. The van der Waals surface area contributed by atoms with Crippen molar-refractivity contribution in [2.24, 2.45) is 4.99 Å². The molecule has 1 rings (SSSR count). The van der Waals surface area contributed by atoms with Crippen LogP contribution in [0.1, 0.15) is 11.3 Å². The van der Waals surface area contributed by atoms with Crippen LogP contribution in [-0.4, -0.2) is 31.6 Å². The average molecular weight is 385 g/mol. The Balaban J connectivity index is 0.00000256. The van der Waals surface area contributed by atoms with E-state index in [4.69, 9.17) is 0 Å². The van der Waals surface area contributed by atoms with E-state index in [0.29, 0.717) is 0 Å². The van der Waals surface area contributed by atoms with Crippen molar-refractivity contribution in [1.82, 2.24) is 10.6 Å². The molecular formula is C11H20IN3S2. The van der Waals surface area contributed by atoms with E-state index in [1.165, 1.54) is 17.1 Å². The van der Waals surface area contributed by atoms with Crippen LogP contribution in [-0.2, 0) is 6.54 Å². The van der Waals surface area contributed by atoms with Gasteiger partial charge >= 0.3 is 0 Å². The summed E-state index contributed by atoms with van der Waals surface area (Å²) in [5.74, 6) is 2.07. The van der Waals surface area contributed by atoms with Gasteiger partial charge in [-0.25, -0.2) is 0 Å². The zero-order valence-electron chi connectivity index (χ0n) is 10.2. The second-order valence-electron chi connectivity index (χ2n) is 3.28. The molecule has 0 unspecified atom stereocenters. The van der Waals surface area contributed by atoms with Crippen LogP contribution in [0.4, 0.5) is 0 Å². The van der Waals surface area contributed by atoms with Crippen LogP contribution in [0, 0.1) is 0 Å². The number of hydrogen-bond acceptors (Lipinski definition) is 3. The minimum atomic E-state index is 0. The Morgan fingerprint density at radius 3 is 2.88 bits per heavy atom. The summed E-state index contributed by atoms with van der Waals surface area (Å²) in [6, 6.07) is 4.19. The zero-order valence-corrected chi connectivity index (χ0v) is 14.2. The van der Waals surface area contributed by atoms with Gasteiger partial charge in [0.1, 0.15) is 0 Å². The standard InChI is InChI=1S/C11H19N3S2.HI/c1-12-11(13-6-4-7-15-2)14-9-10-5-3-8-16-10;/h3,5,8H,4,6-7,9H2,1-2H3,(H2,12,13,14);1H. The molecule has 1 aromatic rings. The summed E-state index contributed by atoms with van der Waals surface area (Å²) in [6.45, 7) is 1.82. The first-order valence-corrected chi connectivity index (χ1v) is 7.60. The third-order valence-corrected chi connectivity index (χ3v) is 3.62. The van der Waals surface area contributed by atoms with Crippen molar-refractivity contribution in [3.63, 3.8) is 0 Å². The van der Waals surface area contributed by atoms with E-state index in [9.17, 15) is 0 Å². The molecule has 0 aliphatic carbocycles. The van der Waals surface area contributed by atoms with E-state index in [-0.39, 0.29) is 24.0 Å². The van der Waals surface area contributed by atoms with Crippen LogP contribution in [0.15, 0.2) is 22.5 Å². The summed E-state index contributed by atoms with van der Waals surface area (Å²) in [6.07, 6.45) is 3.30. The van der Waals surface area contributed by atoms with Gasteiger partial charge in [-0.3, -0.25) is 4.99 Å². The monoisotopic (exact) mass is 385 g/mol. The summed E-state index contributed by atoms with van der Waals surface area (Å²) >= 11 is 3.63. The van der Waals surface area contributed by atoms with Gasteiger partial charge in [0.25, 0.3) is 0 Å². The predicted molar refractivity (Wildman–Crippen MR) is 90.9 cm³/mol. The van der Waals surface area contributed by atoms with E-state index < -0.39 is 0 Å². The number of nitrogens with one attached hydrogen (secondary N) is 2. The van der Waals surface area contributed by atoms with Crippen molar-refractivity contribution >= 4 is 53.0 Å². The first-order chi connectivity index (χ1) is 7.86. The van der Waals surface area contributed by atoms with Gasteiger partial charge in [0.15, 0.2) is 5.96 Å². The fourth-order valence-electron chi connectivity index (χ4n) is 1.23. The lowest BCUT2D eigenvalue weighted by Gasteiger charge is -2.10. The van der Waals surface area contributed by atoms with Crippen molar-refractivity contribution in [3.8, 4) is 0 Å². The molecular weight excluding hydrogens is 365 g/mol. The van der Waals surface area contributed by atoms with Gasteiger partial charge in [0, 0.05) is 18.5 Å². The van der Waals surface area contributed by atoms with Crippen molar-refractivity contribution < 1.29 is 0 Å². The lowest BCUT2D eigenvalue weighted by atomic mass is 10.4. The molecule has 1 heterocycles. The zero-order chi connectivity index (χ0) is 11.6. The first kappa shape index (κ1) is 17.1. The van der Waals surface area contributed by atoms with E-state index in [1.54, 1.807) is 18.4 Å². The van der Waals surface area contributed by atoms with Crippen LogP contribution >= 0.6 is 47.1 Å². The number of halogens is 1. The molecule has 6 heteroatoms. The minimum Gasteiger partial charge on any atom is -0.356 e. The average Bonchev–Trinajstić information content (AvgIpc) is 2.81. The van der Waals surface area contributed by atoms with Crippen molar-refractivity contribution in [3.05, 3.63) is 22.4 Å². The molecule has 0 aliphatic rings. The van der Waals surface area contributed by atoms with E-state index in [0.717, 1.165) is 19.0 Å². The Bertz CT molecular complexity index is 302. The predicted octanol–water partition coefficient (Wildman–Crippen LogP) is 2.78. The summed E-state index contributed by atoms with van der Waals surface area (Å²) in [4.78, 5) is 5.50. The summed E-state index contributed by atoms with van der Waals surface area (Å²) < 4.78 is 0. The molecule has 0 amide bonds. The number of aliphatic imine (C=N–C) groups is 1. The van der Waals surface area contributed by atoms with Gasteiger partial charge in [-0.15, -0.1) is 35.3 Å². The highest BCUT2D eigenvalue weighted by Gasteiger charge is 1.97. The van der Waals surface area contributed by atoms with Crippen LogP contribution in [0.3, 0.4) is 0 Å². The topological polar surface area (TPSA) is 36.4 Å². The number of hydrogen-bond donors (Lipinski definition) is 2. The lowest BCUT2D eigenvalue weighted by molar-refractivity contribution is 0.790. The maximum absolute atomic E-state index is 4.18. The van der Waals surface area contributed by atoms with E-state index in [2.05, 4.69) is 39.4 Å². The normalized spacial score (nSPS) is 10.8. The molecule has 0 spiro atoms. The van der Waals surface area contributed by atoms with Crippen LogP contribution in [0.25, 0.3) is 0 Å². The first-order valence-electron chi connectivity index (χ1n) is 5.32. The van der Waals surface area contributed by atoms with Gasteiger partial charge in [-0.2, -0.15) is 11.8 Å². The minimum absolute atomic E-state index is 0. The molecule has 2 N–H and O–H groups in total. The molecule has 0 aliphatic heterocycles. The molecule has 0 saturated carbocycles. The molecule has 1 aromatic heterocycles. The van der Waals surface area contributed by atoms with Gasteiger partial charge in [0.2, 0.25) is 0 Å². The van der Waals surface area contributed by atoms with E-state index >= 15 is 0 Å². The van der Waals surface area contributed by atoms with Gasteiger partial charge < -0.3 is 10.6 Å². The quantitative estimate of drug-likeness (QED) is 0.342. The summed E-state index contributed by atoms with van der Waals surface area (Å²) in [7, 11) is 1.80. The number of thioether (sulfide) groups is 1. The molecule has 98 valence electrons. The van der Waals surface area contributed by atoms with Crippen LogP contribution < -0.4 is 10.6 Å². The van der Waals surface area contributed by atoms with Crippen molar-refractivity contribution in [2.45, 2.75) is 13.0 Å². The highest BCUT2D eigenvalue weighted by molar-refractivity contribution is 14.0. The molecule has 0 saturated heterocycles. The molecule has 0 bridgehead atoms. The number of rotatable bonds is 6. The SMILES string of the molecule is CN=C(NCCCSC)NCc1cccs1.I.